The fourth-order valence-corrected chi connectivity index (χ4v) is 4.26. The molecule has 6 nitrogen and oxygen atoms in total. The van der Waals surface area contributed by atoms with Crippen molar-refractivity contribution in [2.24, 2.45) is 0 Å². The molecule has 34 heavy (non-hydrogen) atoms. The van der Waals surface area contributed by atoms with Gasteiger partial charge in [-0.25, -0.2) is 4.68 Å². The van der Waals surface area contributed by atoms with E-state index in [2.05, 4.69) is 5.32 Å². The average Bonchev–Trinajstić information content (AvgIpc) is 3.29. The summed E-state index contributed by atoms with van der Waals surface area (Å²) in [6, 6.07) is 27.0. The Morgan fingerprint density at radius 1 is 0.912 bits per heavy atom. The number of carbonyl (C=O) groups is 2. The van der Waals surface area contributed by atoms with Crippen molar-refractivity contribution >= 4 is 29.3 Å². The van der Waals surface area contributed by atoms with Gasteiger partial charge in [0.2, 0.25) is 5.91 Å². The minimum Gasteiger partial charge on any atom is -0.345 e. The van der Waals surface area contributed by atoms with E-state index in [1.165, 1.54) is 16.7 Å². The zero-order valence-corrected chi connectivity index (χ0v) is 20.0. The molecule has 0 radical (unpaired) electrons. The number of anilines is 1. The van der Waals surface area contributed by atoms with E-state index in [-0.39, 0.29) is 11.8 Å². The Morgan fingerprint density at radius 2 is 1.56 bits per heavy atom. The fourth-order valence-electron chi connectivity index (χ4n) is 3.47. The molecule has 1 aromatic heterocycles. The van der Waals surface area contributed by atoms with Gasteiger partial charge in [-0.2, -0.15) is 5.10 Å². The van der Waals surface area contributed by atoms with Crippen molar-refractivity contribution in [3.8, 4) is 16.9 Å². The van der Waals surface area contributed by atoms with Crippen LogP contribution >= 0.6 is 11.8 Å². The topological polar surface area (TPSA) is 67.2 Å². The van der Waals surface area contributed by atoms with Crippen molar-refractivity contribution in [1.29, 1.82) is 0 Å². The smallest absolute Gasteiger partial charge is 0.253 e. The van der Waals surface area contributed by atoms with E-state index in [9.17, 15) is 9.59 Å². The average molecular weight is 471 g/mol. The van der Waals surface area contributed by atoms with Crippen LogP contribution in [0.4, 0.5) is 5.69 Å². The van der Waals surface area contributed by atoms with Crippen LogP contribution in [0.15, 0.2) is 91.1 Å². The normalized spacial score (nSPS) is 10.6. The molecule has 0 aliphatic rings. The van der Waals surface area contributed by atoms with Crippen LogP contribution in [-0.4, -0.2) is 46.3 Å². The summed E-state index contributed by atoms with van der Waals surface area (Å²) in [5, 5.41) is 7.72. The standard InChI is InChI=1S/C27H26N4O2S/c1-30(2)27(33)21-13-15-23(16-14-21)28-25(32)19-34-18-22-17-31(24-11-7-4-8-12-24)29-26(22)20-9-5-3-6-10-20/h3-17H,18-19H2,1-2H3,(H,28,32). The molecule has 2 amide bonds. The number of para-hydroxylation sites is 1. The second-order valence-electron chi connectivity index (χ2n) is 7.97. The lowest BCUT2D eigenvalue weighted by atomic mass is 10.1. The molecule has 0 unspecified atom stereocenters. The van der Waals surface area contributed by atoms with Gasteiger partial charge >= 0.3 is 0 Å². The molecule has 1 heterocycles. The van der Waals surface area contributed by atoms with E-state index < -0.39 is 0 Å². The molecule has 0 spiro atoms. The summed E-state index contributed by atoms with van der Waals surface area (Å²) >= 11 is 1.54. The van der Waals surface area contributed by atoms with Gasteiger partial charge in [0, 0.05) is 48.4 Å². The highest BCUT2D eigenvalue weighted by molar-refractivity contribution is 7.99. The van der Waals surface area contributed by atoms with Crippen LogP contribution in [0.3, 0.4) is 0 Å². The highest BCUT2D eigenvalue weighted by Crippen LogP contribution is 2.27. The van der Waals surface area contributed by atoms with Crippen molar-refractivity contribution < 1.29 is 9.59 Å². The van der Waals surface area contributed by atoms with E-state index in [0.29, 0.717) is 22.8 Å². The lowest BCUT2D eigenvalue weighted by Crippen LogP contribution is -2.21. The molecule has 0 aliphatic heterocycles. The molecule has 1 N–H and O–H groups in total. The summed E-state index contributed by atoms with van der Waals surface area (Å²) in [5.41, 5.74) is 5.27. The molecular weight excluding hydrogens is 444 g/mol. The zero-order valence-electron chi connectivity index (χ0n) is 19.1. The first-order valence-electron chi connectivity index (χ1n) is 10.9. The molecular formula is C27H26N4O2S. The van der Waals surface area contributed by atoms with Gasteiger partial charge < -0.3 is 10.2 Å². The quantitative estimate of drug-likeness (QED) is 0.388. The van der Waals surface area contributed by atoms with Crippen molar-refractivity contribution in [3.05, 3.63) is 102 Å². The SMILES string of the molecule is CN(C)C(=O)c1ccc(NC(=O)CSCc2cn(-c3ccccc3)nc2-c2ccccc2)cc1. The van der Waals surface area contributed by atoms with Gasteiger partial charge in [-0.1, -0.05) is 48.5 Å². The third-order valence-corrected chi connectivity index (χ3v) is 6.15. The molecule has 0 aliphatic carbocycles. The van der Waals surface area contributed by atoms with Gasteiger partial charge in [0.15, 0.2) is 0 Å². The predicted octanol–water partition coefficient (Wildman–Crippen LogP) is 5.11. The molecule has 7 heteroatoms. The lowest BCUT2D eigenvalue weighted by Gasteiger charge is -2.11. The van der Waals surface area contributed by atoms with E-state index >= 15 is 0 Å². The van der Waals surface area contributed by atoms with E-state index in [0.717, 1.165) is 22.5 Å². The van der Waals surface area contributed by atoms with Gasteiger partial charge in [0.05, 0.1) is 17.1 Å². The summed E-state index contributed by atoms with van der Waals surface area (Å²) in [6.45, 7) is 0. The highest BCUT2D eigenvalue weighted by Gasteiger charge is 2.13. The fraction of sp³-hybridized carbons (Fsp3) is 0.148. The Hall–Kier alpha value is -3.84. The molecule has 4 rings (SSSR count). The number of nitrogens with zero attached hydrogens (tertiary/aromatic N) is 3. The number of aromatic nitrogens is 2. The minimum atomic E-state index is -0.0894. The number of hydrogen-bond donors (Lipinski definition) is 1. The highest BCUT2D eigenvalue weighted by atomic mass is 32.2. The van der Waals surface area contributed by atoms with Crippen LogP contribution in [0.1, 0.15) is 15.9 Å². The Bertz CT molecular complexity index is 1250. The van der Waals surface area contributed by atoms with E-state index in [1.54, 1.807) is 38.4 Å². The monoisotopic (exact) mass is 470 g/mol. The number of nitrogens with one attached hydrogen (secondary N) is 1. The number of hydrogen-bond acceptors (Lipinski definition) is 4. The maximum absolute atomic E-state index is 12.5. The Morgan fingerprint density at radius 3 is 2.21 bits per heavy atom. The summed E-state index contributed by atoms with van der Waals surface area (Å²) in [7, 11) is 3.42. The molecule has 4 aromatic rings. The van der Waals surface area contributed by atoms with Gasteiger partial charge in [-0.05, 0) is 36.4 Å². The zero-order chi connectivity index (χ0) is 23.9. The predicted molar refractivity (Wildman–Crippen MR) is 138 cm³/mol. The number of amides is 2. The Balaban J connectivity index is 1.40. The molecule has 0 fully saturated rings. The van der Waals surface area contributed by atoms with Gasteiger partial charge in [-0.15, -0.1) is 11.8 Å². The first kappa shape index (κ1) is 23.3. The summed E-state index contributed by atoms with van der Waals surface area (Å²) in [6.07, 6.45) is 2.03. The van der Waals surface area contributed by atoms with Crippen molar-refractivity contribution in [3.63, 3.8) is 0 Å². The first-order chi connectivity index (χ1) is 16.5. The minimum absolute atomic E-state index is 0.0706. The molecule has 0 bridgehead atoms. The third-order valence-electron chi connectivity index (χ3n) is 5.17. The van der Waals surface area contributed by atoms with Crippen molar-refractivity contribution in [1.82, 2.24) is 14.7 Å². The number of carbonyl (C=O) groups excluding carboxylic acids is 2. The number of rotatable bonds is 8. The van der Waals surface area contributed by atoms with Crippen LogP contribution in [0, 0.1) is 0 Å². The van der Waals surface area contributed by atoms with Crippen molar-refractivity contribution in [2.45, 2.75) is 5.75 Å². The lowest BCUT2D eigenvalue weighted by molar-refractivity contribution is -0.113. The summed E-state index contributed by atoms with van der Waals surface area (Å²) in [5.74, 6) is 0.802. The van der Waals surface area contributed by atoms with Crippen LogP contribution < -0.4 is 5.32 Å². The molecule has 0 saturated carbocycles. The van der Waals surface area contributed by atoms with Crippen molar-refractivity contribution in [2.75, 3.05) is 25.2 Å². The molecule has 3 aromatic carbocycles. The second kappa shape index (κ2) is 10.9. The summed E-state index contributed by atoms with van der Waals surface area (Å²) < 4.78 is 1.88. The molecule has 0 saturated heterocycles. The largest absolute Gasteiger partial charge is 0.345 e. The maximum Gasteiger partial charge on any atom is 0.253 e. The Kier molecular flexibility index (Phi) is 7.44. The molecule has 172 valence electrons. The second-order valence-corrected chi connectivity index (χ2v) is 8.95. The number of thioether (sulfide) groups is 1. The first-order valence-corrected chi connectivity index (χ1v) is 12.1. The summed E-state index contributed by atoms with van der Waals surface area (Å²) in [4.78, 5) is 26.0. The van der Waals surface area contributed by atoms with Gasteiger partial charge in [0.1, 0.15) is 0 Å². The van der Waals surface area contributed by atoms with E-state index in [1.807, 2.05) is 71.5 Å². The third kappa shape index (κ3) is 5.74. The Labute approximate surface area is 203 Å². The van der Waals surface area contributed by atoms with E-state index in [4.69, 9.17) is 5.10 Å². The van der Waals surface area contributed by atoms with Crippen LogP contribution in [-0.2, 0) is 10.5 Å². The van der Waals surface area contributed by atoms with Gasteiger partial charge in [-0.3, -0.25) is 9.59 Å². The van der Waals surface area contributed by atoms with Crippen LogP contribution in [0.25, 0.3) is 16.9 Å². The molecule has 0 atom stereocenters. The van der Waals surface area contributed by atoms with Crippen LogP contribution in [0.5, 0.6) is 0 Å². The maximum atomic E-state index is 12.5. The van der Waals surface area contributed by atoms with Gasteiger partial charge in [0.25, 0.3) is 5.91 Å². The van der Waals surface area contributed by atoms with Crippen LogP contribution in [0.2, 0.25) is 0 Å². The number of benzene rings is 3.